The number of halogens is 2. The first-order valence-electron chi connectivity index (χ1n) is 13.1. The second-order valence-electron chi connectivity index (χ2n) is 10.9. The van der Waals surface area contributed by atoms with E-state index in [4.69, 9.17) is 16.3 Å². The van der Waals surface area contributed by atoms with Gasteiger partial charge in [0.2, 0.25) is 0 Å². The Morgan fingerprint density at radius 2 is 1.86 bits per heavy atom. The molecule has 2 aromatic carbocycles. The van der Waals surface area contributed by atoms with Crippen LogP contribution in [0.25, 0.3) is 0 Å². The maximum atomic E-state index is 14.1. The number of urea groups is 1. The number of phenols is 2. The quantitative estimate of drug-likeness (QED) is 0.174. The fourth-order valence-electron chi connectivity index (χ4n) is 5.30. The summed E-state index contributed by atoms with van der Waals surface area (Å²) in [5, 5.41) is 42.0. The molecule has 0 aliphatic carbocycles. The maximum Gasteiger partial charge on any atom is 0.526 e. The number of aromatic hydroxyl groups is 2. The van der Waals surface area contributed by atoms with Crippen molar-refractivity contribution in [1.82, 2.24) is 15.1 Å². The second kappa shape index (κ2) is 11.7. The molecule has 16 heteroatoms. The van der Waals surface area contributed by atoms with E-state index in [2.05, 4.69) is 5.32 Å². The number of amides is 4. The minimum absolute atomic E-state index is 0.0187. The molecule has 0 aromatic heterocycles. The number of rotatable bonds is 7. The van der Waals surface area contributed by atoms with Crippen molar-refractivity contribution in [2.75, 3.05) is 13.1 Å². The van der Waals surface area contributed by atoms with Gasteiger partial charge in [-0.25, -0.2) is 18.9 Å². The van der Waals surface area contributed by atoms with Crippen molar-refractivity contribution < 1.29 is 53.4 Å². The van der Waals surface area contributed by atoms with E-state index in [1.54, 1.807) is 20.8 Å². The number of fused-ring (bicyclic) bond motifs is 1. The van der Waals surface area contributed by atoms with Crippen molar-refractivity contribution in [3.05, 3.63) is 51.8 Å². The molecule has 5 N–H and O–H groups in total. The molecule has 1 saturated heterocycles. The summed E-state index contributed by atoms with van der Waals surface area (Å²) in [6, 6.07) is 1.59. The van der Waals surface area contributed by atoms with Gasteiger partial charge in [0.25, 0.3) is 0 Å². The zero-order valence-electron chi connectivity index (χ0n) is 23.3. The maximum absolute atomic E-state index is 14.1. The number of aromatic carboxylic acids is 1. The molecule has 43 heavy (non-hydrogen) atoms. The van der Waals surface area contributed by atoms with Gasteiger partial charge in [0.1, 0.15) is 23.2 Å². The van der Waals surface area contributed by atoms with E-state index in [9.17, 15) is 48.7 Å². The molecule has 228 valence electrons. The fourth-order valence-corrected chi connectivity index (χ4v) is 5.57. The highest BCUT2D eigenvalue weighted by atomic mass is 35.5. The Kier molecular flexibility index (Phi) is 8.61. The van der Waals surface area contributed by atoms with Gasteiger partial charge >= 0.3 is 30.9 Å². The van der Waals surface area contributed by atoms with E-state index in [1.807, 2.05) is 0 Å². The summed E-state index contributed by atoms with van der Waals surface area (Å²) in [5.41, 5.74) is -1.92. The molecule has 2 aromatic rings. The highest BCUT2D eigenvalue weighted by Gasteiger charge is 2.48. The molecular weight excluding hydrogens is 592 g/mol. The molecule has 4 rings (SSSR count). The number of ketones is 1. The number of likely N-dealkylation sites (N-methyl/N-ethyl adjacent to an activating group) is 1. The van der Waals surface area contributed by atoms with Crippen LogP contribution >= 0.6 is 11.6 Å². The Morgan fingerprint density at radius 1 is 1.19 bits per heavy atom. The summed E-state index contributed by atoms with van der Waals surface area (Å²) in [7, 11) is -1.75. The number of benzene rings is 2. The minimum atomic E-state index is -1.75. The largest absolute Gasteiger partial charge is 0.535 e. The number of carboxylic acids is 1. The van der Waals surface area contributed by atoms with Crippen molar-refractivity contribution in [2.24, 2.45) is 0 Å². The number of Topliss-reactive ketones (excluding diaryl/α,β-unsaturated/α-hetero) is 1. The van der Waals surface area contributed by atoms with Crippen LogP contribution in [-0.4, -0.2) is 85.5 Å². The van der Waals surface area contributed by atoms with Gasteiger partial charge < -0.3 is 35.2 Å². The van der Waals surface area contributed by atoms with Gasteiger partial charge in [-0.2, -0.15) is 0 Å². The first-order chi connectivity index (χ1) is 20.1. The number of nitrogens with one attached hydrogen (secondary N) is 1. The van der Waals surface area contributed by atoms with Gasteiger partial charge in [-0.3, -0.25) is 14.4 Å². The molecule has 2 aliphatic rings. The molecule has 13 nitrogen and oxygen atoms in total. The number of hydrogen-bond donors (Lipinski definition) is 5. The lowest BCUT2D eigenvalue weighted by molar-refractivity contribution is -0.159. The van der Waals surface area contributed by atoms with E-state index in [0.717, 1.165) is 12.1 Å². The minimum Gasteiger partial charge on any atom is -0.535 e. The molecule has 0 saturated carbocycles. The van der Waals surface area contributed by atoms with E-state index in [-0.39, 0.29) is 36.4 Å². The predicted octanol–water partition coefficient (Wildman–Crippen LogP) is 2.25. The molecule has 0 bridgehead atoms. The average molecular weight is 620 g/mol. The zero-order valence-corrected chi connectivity index (χ0v) is 24.0. The Bertz CT molecular complexity index is 1540. The third kappa shape index (κ3) is 5.82. The van der Waals surface area contributed by atoms with E-state index in [0.29, 0.717) is 4.90 Å². The number of hydrogen-bond acceptors (Lipinski definition) is 9. The molecule has 0 unspecified atom stereocenters. The summed E-state index contributed by atoms with van der Waals surface area (Å²) in [5.74, 6) is -8.31. The van der Waals surface area contributed by atoms with Gasteiger partial charge in [-0.05, 0) is 44.9 Å². The van der Waals surface area contributed by atoms with Crippen LogP contribution < -0.4 is 9.97 Å². The van der Waals surface area contributed by atoms with Gasteiger partial charge in [-0.15, -0.1) is 0 Å². The Hall–Kier alpha value is -4.37. The van der Waals surface area contributed by atoms with Crippen molar-refractivity contribution in [3.8, 4) is 17.2 Å². The fraction of sp³-hybridized carbons (Fsp3) is 0.370. The number of piperazine rings is 1. The standard InChI is InChI=1S/C27H28BClFN3O10/c1-4-32-11-27(2,3)33(24(38)23(32)37)26(41)31-20(14-6-8-16(34)21(36)19(14)29)17(35)10-13-9-12-5-7-15(30)18(25(39)40)22(12)43-28(13)42/h5-8,13,20,34,36,42H,4,9-11H2,1-3H3,(H,31,41)(H,39,40)/t13-,20-/m1/s1. The van der Waals surface area contributed by atoms with Crippen molar-refractivity contribution in [3.63, 3.8) is 0 Å². The van der Waals surface area contributed by atoms with E-state index in [1.165, 1.54) is 17.0 Å². The number of carbonyl (C=O) groups excluding carboxylic acids is 4. The van der Waals surface area contributed by atoms with Gasteiger partial charge in [0.15, 0.2) is 17.3 Å². The first kappa shape index (κ1) is 31.6. The van der Waals surface area contributed by atoms with Crippen molar-refractivity contribution in [1.29, 1.82) is 0 Å². The predicted molar refractivity (Wildman–Crippen MR) is 148 cm³/mol. The monoisotopic (exact) mass is 619 g/mol. The van der Waals surface area contributed by atoms with E-state index >= 15 is 0 Å². The lowest BCUT2D eigenvalue weighted by Gasteiger charge is -2.44. The van der Waals surface area contributed by atoms with Crippen LogP contribution in [0.5, 0.6) is 17.2 Å². The van der Waals surface area contributed by atoms with Crippen molar-refractivity contribution >= 4 is 48.3 Å². The Morgan fingerprint density at radius 3 is 2.49 bits per heavy atom. The summed E-state index contributed by atoms with van der Waals surface area (Å²) >= 11 is 6.23. The lowest BCUT2D eigenvalue weighted by Crippen LogP contribution is -2.68. The van der Waals surface area contributed by atoms with Crippen molar-refractivity contribution in [2.45, 2.75) is 51.0 Å². The highest BCUT2D eigenvalue weighted by Crippen LogP contribution is 2.41. The normalized spacial score (nSPS) is 18.6. The van der Waals surface area contributed by atoms with Crippen LogP contribution in [0, 0.1) is 5.82 Å². The molecule has 4 amide bonds. The third-order valence-electron chi connectivity index (χ3n) is 7.46. The Labute approximate surface area is 249 Å². The zero-order chi connectivity index (χ0) is 32.0. The molecule has 2 atom stereocenters. The Balaban J connectivity index is 1.67. The highest BCUT2D eigenvalue weighted by molar-refractivity contribution is 6.47. The molecule has 2 aliphatic heterocycles. The van der Waals surface area contributed by atoms with Crippen LogP contribution in [0.1, 0.15) is 54.7 Å². The topological polar surface area (TPSA) is 194 Å². The van der Waals surface area contributed by atoms with Crippen LogP contribution in [0.2, 0.25) is 10.8 Å². The second-order valence-corrected chi connectivity index (χ2v) is 11.2. The number of carboxylic acid groups (broad SMARTS) is 1. The van der Waals surface area contributed by atoms with Crippen LogP contribution in [0.4, 0.5) is 9.18 Å². The van der Waals surface area contributed by atoms with Gasteiger partial charge in [-0.1, -0.05) is 23.7 Å². The molecule has 0 spiro atoms. The lowest BCUT2D eigenvalue weighted by atomic mass is 9.64. The molecule has 2 heterocycles. The number of phenolic OH excluding ortho intramolecular Hbond substituents is 2. The molecule has 1 fully saturated rings. The van der Waals surface area contributed by atoms with Crippen LogP contribution in [0.3, 0.4) is 0 Å². The van der Waals surface area contributed by atoms with Gasteiger partial charge in [0, 0.05) is 30.9 Å². The summed E-state index contributed by atoms with van der Waals surface area (Å²) in [6.45, 7) is 5.02. The smallest absolute Gasteiger partial charge is 0.526 e. The van der Waals surface area contributed by atoms with Crippen LogP contribution in [0.15, 0.2) is 24.3 Å². The molecular formula is C27H28BClFN3O10. The summed E-state index contributed by atoms with van der Waals surface area (Å²) in [6.07, 6.45) is -0.625. The third-order valence-corrected chi connectivity index (χ3v) is 7.85. The van der Waals surface area contributed by atoms with Crippen LogP contribution in [-0.2, 0) is 20.8 Å². The summed E-state index contributed by atoms with van der Waals surface area (Å²) < 4.78 is 19.5. The van der Waals surface area contributed by atoms with E-state index < -0.39 is 88.4 Å². The SMILES string of the molecule is CCN1CC(C)(C)N(C(=O)N[C@@H](C(=O)C[C@H]2Cc3ccc(F)c(C(=O)O)c3OB2O)c2ccc(O)c(O)c2Cl)C(=O)C1=O. The van der Waals surface area contributed by atoms with Gasteiger partial charge in [0.05, 0.1) is 10.6 Å². The number of imide groups is 1. The number of nitrogens with zero attached hydrogens (tertiary/aromatic N) is 2. The number of carbonyl (C=O) groups is 5. The summed E-state index contributed by atoms with van der Waals surface area (Å²) in [4.78, 5) is 66.3. The molecule has 0 radical (unpaired) electrons. The average Bonchev–Trinajstić information content (AvgIpc) is 2.93. The first-order valence-corrected chi connectivity index (χ1v) is 13.5.